The fraction of sp³-hybridized carbons (Fsp3) is 0.625. The van der Waals surface area contributed by atoms with Crippen LogP contribution in [0.25, 0.3) is 0 Å². The molecule has 0 fully saturated rings. The van der Waals surface area contributed by atoms with E-state index in [1.165, 1.54) is 18.5 Å². The van der Waals surface area contributed by atoms with Gasteiger partial charge in [0, 0.05) is 11.4 Å². The summed E-state index contributed by atoms with van der Waals surface area (Å²) in [6, 6.07) is 0. The lowest BCUT2D eigenvalue weighted by atomic mass is 10.00. The maximum atomic E-state index is 10.9. The van der Waals surface area contributed by atoms with Crippen molar-refractivity contribution in [3.8, 4) is 0 Å². The van der Waals surface area contributed by atoms with Crippen LogP contribution in [0.15, 0.2) is 11.4 Å². The van der Waals surface area contributed by atoms with Gasteiger partial charge >= 0.3 is 0 Å². The van der Waals surface area contributed by atoms with E-state index in [-0.39, 0.29) is 5.91 Å². The van der Waals surface area contributed by atoms with Crippen molar-refractivity contribution in [1.82, 2.24) is 10.6 Å². The topological polar surface area (TPSA) is 41.1 Å². The maximum Gasteiger partial charge on any atom is 0.243 e. The number of amides is 1. The van der Waals surface area contributed by atoms with Gasteiger partial charge in [0.2, 0.25) is 5.91 Å². The Balaban J connectivity index is 2.18. The highest BCUT2D eigenvalue weighted by Gasteiger charge is 2.19. The molecule has 0 saturated heterocycles. The molecule has 0 atom stereocenters. The molecule has 2 N–H and O–H groups in total. The van der Waals surface area contributed by atoms with Gasteiger partial charge in [-0.15, -0.1) is 0 Å². The van der Waals surface area contributed by atoms with Crippen LogP contribution in [0.2, 0.25) is 0 Å². The first-order chi connectivity index (χ1) is 5.36. The van der Waals surface area contributed by atoms with Crippen molar-refractivity contribution in [1.29, 1.82) is 0 Å². The first-order valence-corrected chi connectivity index (χ1v) is 4.12. The summed E-state index contributed by atoms with van der Waals surface area (Å²) in [5.74, 6) is 0.102. The molecule has 1 heterocycles. The molecule has 0 aromatic heterocycles. The van der Waals surface area contributed by atoms with Crippen molar-refractivity contribution in [2.24, 2.45) is 0 Å². The fourth-order valence-corrected chi connectivity index (χ4v) is 1.64. The quantitative estimate of drug-likeness (QED) is 0.530. The highest BCUT2D eigenvalue weighted by Crippen LogP contribution is 2.22. The normalized spacial score (nSPS) is 23.8. The molecule has 3 nitrogen and oxygen atoms in total. The minimum Gasteiger partial charge on any atom is -0.378 e. The lowest BCUT2D eigenvalue weighted by Gasteiger charge is -2.26. The number of nitrogens with one attached hydrogen (secondary N) is 2. The van der Waals surface area contributed by atoms with E-state index in [0.29, 0.717) is 6.54 Å². The van der Waals surface area contributed by atoms with Crippen molar-refractivity contribution in [2.75, 3.05) is 6.54 Å². The second-order valence-corrected chi connectivity index (χ2v) is 3.07. The molecule has 1 aliphatic carbocycles. The molecular weight excluding hydrogens is 140 g/mol. The van der Waals surface area contributed by atoms with Gasteiger partial charge in [0.05, 0.1) is 6.54 Å². The third-order valence-electron chi connectivity index (χ3n) is 2.22. The number of carbonyl (C=O) groups excluding carboxylic acids is 1. The zero-order valence-corrected chi connectivity index (χ0v) is 6.44. The van der Waals surface area contributed by atoms with Crippen LogP contribution in [0, 0.1) is 0 Å². The summed E-state index contributed by atoms with van der Waals surface area (Å²) in [6.45, 7) is 0.457. The van der Waals surface area contributed by atoms with Crippen LogP contribution in [0.1, 0.15) is 25.7 Å². The van der Waals surface area contributed by atoms with Crippen LogP contribution in [-0.4, -0.2) is 12.5 Å². The van der Waals surface area contributed by atoms with E-state index in [4.69, 9.17) is 0 Å². The van der Waals surface area contributed by atoms with E-state index in [9.17, 15) is 4.79 Å². The van der Waals surface area contributed by atoms with Crippen molar-refractivity contribution < 1.29 is 4.79 Å². The average Bonchev–Trinajstić information content (AvgIpc) is 2.04. The monoisotopic (exact) mass is 152 g/mol. The molecule has 0 radical (unpaired) electrons. The van der Waals surface area contributed by atoms with Crippen LogP contribution < -0.4 is 10.6 Å². The Hall–Kier alpha value is -0.990. The zero-order valence-electron chi connectivity index (χ0n) is 6.44. The van der Waals surface area contributed by atoms with Gasteiger partial charge in [-0.3, -0.25) is 4.79 Å². The molecule has 3 heteroatoms. The van der Waals surface area contributed by atoms with Crippen molar-refractivity contribution >= 4 is 5.91 Å². The molecule has 0 bridgehead atoms. The van der Waals surface area contributed by atoms with Gasteiger partial charge in [0.25, 0.3) is 0 Å². The van der Waals surface area contributed by atoms with Gasteiger partial charge in [-0.25, -0.2) is 0 Å². The predicted octanol–water partition coefficient (Wildman–Crippen LogP) is 0.491. The van der Waals surface area contributed by atoms with Crippen molar-refractivity contribution in [3.05, 3.63) is 11.4 Å². The van der Waals surface area contributed by atoms with E-state index < -0.39 is 0 Å². The lowest BCUT2D eigenvalue weighted by Crippen LogP contribution is -2.41. The number of carbonyl (C=O) groups is 1. The third kappa shape index (κ3) is 1.23. The van der Waals surface area contributed by atoms with Gasteiger partial charge in [0.1, 0.15) is 0 Å². The Bertz CT molecular complexity index is 220. The summed E-state index contributed by atoms with van der Waals surface area (Å²) in [7, 11) is 0. The average molecular weight is 152 g/mol. The predicted molar refractivity (Wildman–Crippen MR) is 41.6 cm³/mol. The minimum atomic E-state index is 0.102. The number of hydrogen-bond donors (Lipinski definition) is 2. The molecule has 0 unspecified atom stereocenters. The van der Waals surface area contributed by atoms with E-state index in [1.54, 1.807) is 0 Å². The number of hydrogen-bond acceptors (Lipinski definition) is 2. The Morgan fingerprint density at radius 2 is 1.82 bits per heavy atom. The SMILES string of the molecule is O=C1CNC2=C(CCCC2)N1. The second kappa shape index (κ2) is 2.57. The van der Waals surface area contributed by atoms with Crippen LogP contribution in [-0.2, 0) is 4.79 Å². The standard InChI is InChI=1S/C8H12N2O/c11-8-5-9-6-3-1-2-4-7(6)10-8/h9H,1-5H2,(H,10,11). The van der Waals surface area contributed by atoms with Gasteiger partial charge < -0.3 is 10.6 Å². The molecule has 2 rings (SSSR count). The Labute approximate surface area is 65.9 Å². The van der Waals surface area contributed by atoms with Crippen molar-refractivity contribution in [3.63, 3.8) is 0 Å². The Morgan fingerprint density at radius 3 is 2.64 bits per heavy atom. The van der Waals surface area contributed by atoms with Gasteiger partial charge in [-0.1, -0.05) is 0 Å². The van der Waals surface area contributed by atoms with E-state index in [1.807, 2.05) is 0 Å². The summed E-state index contributed by atoms with van der Waals surface area (Å²) in [5.41, 5.74) is 2.39. The minimum absolute atomic E-state index is 0.102. The molecule has 2 aliphatic rings. The summed E-state index contributed by atoms with van der Waals surface area (Å²) in [5, 5.41) is 6.03. The molecule has 11 heavy (non-hydrogen) atoms. The molecule has 1 amide bonds. The van der Waals surface area contributed by atoms with E-state index in [0.717, 1.165) is 18.5 Å². The first kappa shape index (κ1) is 6.70. The largest absolute Gasteiger partial charge is 0.378 e. The summed E-state index contributed by atoms with van der Waals surface area (Å²) >= 11 is 0. The van der Waals surface area contributed by atoms with Crippen LogP contribution >= 0.6 is 0 Å². The van der Waals surface area contributed by atoms with Crippen LogP contribution in [0.3, 0.4) is 0 Å². The smallest absolute Gasteiger partial charge is 0.243 e. The molecule has 0 aromatic rings. The first-order valence-electron chi connectivity index (χ1n) is 4.12. The molecule has 0 aromatic carbocycles. The second-order valence-electron chi connectivity index (χ2n) is 3.07. The Morgan fingerprint density at radius 1 is 1.09 bits per heavy atom. The number of allylic oxidation sites excluding steroid dienone is 2. The summed E-state index contributed by atoms with van der Waals surface area (Å²) in [4.78, 5) is 10.9. The Kier molecular flexibility index (Phi) is 1.56. The van der Waals surface area contributed by atoms with Gasteiger partial charge in [0.15, 0.2) is 0 Å². The lowest BCUT2D eigenvalue weighted by molar-refractivity contribution is -0.120. The van der Waals surface area contributed by atoms with Crippen LogP contribution in [0.5, 0.6) is 0 Å². The molecule has 60 valence electrons. The number of rotatable bonds is 0. The molecular formula is C8H12N2O. The van der Waals surface area contributed by atoms with E-state index >= 15 is 0 Å². The highest BCUT2D eigenvalue weighted by atomic mass is 16.2. The van der Waals surface area contributed by atoms with Gasteiger partial charge in [-0.05, 0) is 25.7 Å². The third-order valence-corrected chi connectivity index (χ3v) is 2.22. The summed E-state index contributed by atoms with van der Waals surface area (Å²) < 4.78 is 0. The molecule has 0 saturated carbocycles. The summed E-state index contributed by atoms with van der Waals surface area (Å²) in [6.07, 6.45) is 4.60. The molecule has 0 spiro atoms. The van der Waals surface area contributed by atoms with E-state index in [2.05, 4.69) is 10.6 Å². The molecule has 1 aliphatic heterocycles. The maximum absolute atomic E-state index is 10.9. The zero-order chi connectivity index (χ0) is 7.68. The van der Waals surface area contributed by atoms with Crippen LogP contribution in [0.4, 0.5) is 0 Å². The highest BCUT2D eigenvalue weighted by molar-refractivity contribution is 5.81. The fourth-order valence-electron chi connectivity index (χ4n) is 1.64. The van der Waals surface area contributed by atoms with Gasteiger partial charge in [-0.2, -0.15) is 0 Å². The van der Waals surface area contributed by atoms with Crippen molar-refractivity contribution in [2.45, 2.75) is 25.7 Å².